The summed E-state index contributed by atoms with van der Waals surface area (Å²) in [5, 5.41) is 11.5. The van der Waals surface area contributed by atoms with Crippen LogP contribution >= 0.6 is 0 Å². The Morgan fingerprint density at radius 1 is 0.477 bits per heavy atom. The first kappa shape index (κ1) is 24.0. The smallest absolute Gasteiger partial charge is 0.0708 e. The van der Waals surface area contributed by atoms with Crippen LogP contribution in [0.15, 0.2) is 134 Å². The third-order valence-corrected chi connectivity index (χ3v) is 9.92. The third kappa shape index (κ3) is 3.21. The van der Waals surface area contributed by atoms with E-state index in [1.807, 2.05) is 0 Å². The van der Waals surface area contributed by atoms with Gasteiger partial charge < -0.3 is 0 Å². The van der Waals surface area contributed by atoms with Gasteiger partial charge in [0.25, 0.3) is 0 Å². The maximum atomic E-state index is 5.08. The Balaban J connectivity index is 1.42. The Morgan fingerprint density at radius 2 is 1.23 bits per heavy atom. The molecule has 8 aromatic rings. The van der Waals surface area contributed by atoms with E-state index in [0.29, 0.717) is 0 Å². The molecule has 0 fully saturated rings. The number of para-hydroxylation sites is 1. The van der Waals surface area contributed by atoms with Crippen molar-refractivity contribution in [2.45, 2.75) is 12.8 Å². The highest BCUT2D eigenvalue weighted by Crippen LogP contribution is 2.50. The predicted octanol–water partition coefficient (Wildman–Crippen LogP) is 11.5. The molecule has 0 saturated carbocycles. The lowest BCUT2D eigenvalue weighted by molar-refractivity contribution is 1.23. The Kier molecular flexibility index (Phi) is 4.90. The van der Waals surface area contributed by atoms with Gasteiger partial charge in [0.1, 0.15) is 0 Å². The number of pyridine rings is 1. The van der Waals surface area contributed by atoms with E-state index in [2.05, 4.69) is 140 Å². The molecule has 2 aliphatic rings. The number of aromatic nitrogens is 1. The maximum Gasteiger partial charge on any atom is 0.0708 e. The van der Waals surface area contributed by atoms with Crippen LogP contribution in [0.3, 0.4) is 0 Å². The van der Waals surface area contributed by atoms with Crippen molar-refractivity contribution in [3.05, 3.63) is 150 Å². The second-order valence-electron chi connectivity index (χ2n) is 12.1. The van der Waals surface area contributed by atoms with Gasteiger partial charge in [0.2, 0.25) is 0 Å². The molecule has 0 amide bonds. The van der Waals surface area contributed by atoms with Gasteiger partial charge in [-0.2, -0.15) is 0 Å². The molecule has 0 atom stereocenters. The normalized spacial score (nSPS) is 13.8. The van der Waals surface area contributed by atoms with Gasteiger partial charge in [-0.15, -0.1) is 0 Å². The zero-order valence-corrected chi connectivity index (χ0v) is 24.1. The maximum absolute atomic E-state index is 5.08. The summed E-state index contributed by atoms with van der Waals surface area (Å²) in [6.07, 6.45) is 11.2. The summed E-state index contributed by atoms with van der Waals surface area (Å²) in [6.45, 7) is 0. The molecule has 2 aliphatic carbocycles. The Hall–Kier alpha value is -5.53. The molecular weight excluding hydrogens is 530 g/mol. The van der Waals surface area contributed by atoms with E-state index < -0.39 is 0 Å². The minimum Gasteiger partial charge on any atom is -0.256 e. The summed E-state index contributed by atoms with van der Waals surface area (Å²) in [5.74, 6) is 0. The summed E-state index contributed by atoms with van der Waals surface area (Å²) >= 11 is 0. The van der Waals surface area contributed by atoms with Gasteiger partial charge in [-0.1, -0.05) is 127 Å². The van der Waals surface area contributed by atoms with E-state index in [-0.39, 0.29) is 0 Å². The molecule has 0 radical (unpaired) electrons. The first-order chi connectivity index (χ1) is 21.8. The van der Waals surface area contributed by atoms with Gasteiger partial charge in [0.15, 0.2) is 0 Å². The molecule has 0 unspecified atom stereocenters. The van der Waals surface area contributed by atoms with Crippen LogP contribution < -0.4 is 0 Å². The molecule has 1 nitrogen and oxygen atoms in total. The lowest BCUT2D eigenvalue weighted by Crippen LogP contribution is -2.05. The quantitative estimate of drug-likeness (QED) is 0.152. The van der Waals surface area contributed by atoms with Crippen molar-refractivity contribution in [3.8, 4) is 22.3 Å². The molecular formula is C43H27N. The van der Waals surface area contributed by atoms with Gasteiger partial charge in [0, 0.05) is 22.4 Å². The van der Waals surface area contributed by atoms with Crippen molar-refractivity contribution in [1.29, 1.82) is 0 Å². The molecule has 44 heavy (non-hydrogen) atoms. The van der Waals surface area contributed by atoms with Crippen LogP contribution in [0.2, 0.25) is 0 Å². The molecule has 0 spiro atoms. The lowest BCUT2D eigenvalue weighted by Gasteiger charge is -2.26. The van der Waals surface area contributed by atoms with Crippen LogP contribution in [0.4, 0.5) is 0 Å². The average Bonchev–Trinajstić information content (AvgIpc) is 3.09. The van der Waals surface area contributed by atoms with E-state index >= 15 is 0 Å². The minimum absolute atomic E-state index is 0.939. The fraction of sp³-hybridized carbons (Fsp3) is 0.0465. The summed E-state index contributed by atoms with van der Waals surface area (Å²) in [6, 6.07) is 42.4. The highest BCUT2D eigenvalue weighted by atomic mass is 14.7. The van der Waals surface area contributed by atoms with Crippen LogP contribution in [0.1, 0.15) is 23.1 Å². The fourth-order valence-corrected chi connectivity index (χ4v) is 8.08. The van der Waals surface area contributed by atoms with Crippen molar-refractivity contribution in [2.24, 2.45) is 0 Å². The lowest BCUT2D eigenvalue weighted by atomic mass is 9.77. The zero-order valence-electron chi connectivity index (χ0n) is 24.1. The van der Waals surface area contributed by atoms with Crippen molar-refractivity contribution in [2.75, 3.05) is 0 Å². The van der Waals surface area contributed by atoms with E-state index in [9.17, 15) is 0 Å². The van der Waals surface area contributed by atoms with Crippen LogP contribution in [-0.4, -0.2) is 4.98 Å². The van der Waals surface area contributed by atoms with Gasteiger partial charge >= 0.3 is 0 Å². The van der Waals surface area contributed by atoms with Crippen molar-refractivity contribution >= 4 is 65.6 Å². The molecule has 1 heteroatoms. The van der Waals surface area contributed by atoms with E-state index in [1.54, 1.807) is 0 Å². The average molecular weight is 558 g/mol. The number of rotatable bonds is 2. The summed E-state index contributed by atoms with van der Waals surface area (Å²) in [5.41, 5.74) is 11.8. The van der Waals surface area contributed by atoms with E-state index in [0.717, 1.165) is 18.4 Å². The molecule has 7 aromatic carbocycles. The molecule has 1 aromatic heterocycles. The second-order valence-corrected chi connectivity index (χ2v) is 12.1. The Bertz CT molecular complexity index is 2590. The first-order valence-electron chi connectivity index (χ1n) is 15.5. The zero-order chi connectivity index (χ0) is 28.8. The third-order valence-electron chi connectivity index (χ3n) is 9.92. The number of hydrogen-bond acceptors (Lipinski definition) is 1. The van der Waals surface area contributed by atoms with E-state index in [4.69, 9.17) is 4.98 Å². The van der Waals surface area contributed by atoms with Crippen LogP contribution in [-0.2, 0) is 6.42 Å². The number of hydrogen-bond donors (Lipinski definition) is 0. The fourth-order valence-electron chi connectivity index (χ4n) is 8.08. The van der Waals surface area contributed by atoms with Gasteiger partial charge in [-0.25, -0.2) is 0 Å². The standard InChI is InChI=1S/C43H27N/c1-2-13-30-26(9-1)10-8-17-31(30)42-33-15-4-3-14-32(33)41(37-25-44-38-18-6-5-16-36(38)43(37)42)35-24-22-29-20-19-27-11-7-12-28-21-23-34(35)40(29)39(27)28/h1-11,13-22,24-25H,12,23H2. The Labute approximate surface area is 255 Å². The summed E-state index contributed by atoms with van der Waals surface area (Å²) < 4.78 is 0. The van der Waals surface area contributed by atoms with Crippen molar-refractivity contribution < 1.29 is 0 Å². The van der Waals surface area contributed by atoms with Crippen molar-refractivity contribution in [3.63, 3.8) is 0 Å². The molecule has 0 saturated heterocycles. The largest absolute Gasteiger partial charge is 0.256 e. The topological polar surface area (TPSA) is 12.9 Å². The SMILES string of the molecule is C1=Cc2ccc3ccc(-c4c5ccccc5c(-c5cccc6ccccc56)c5c4cnc4ccccc45)c4c3c2C(=CC4)C1. The molecule has 10 rings (SSSR count). The number of benzene rings is 7. The number of allylic oxidation sites excluding steroid dienone is 3. The Morgan fingerprint density at radius 3 is 2.14 bits per heavy atom. The minimum atomic E-state index is 0.939. The van der Waals surface area contributed by atoms with Gasteiger partial charge in [-0.05, 0) is 95.7 Å². The second kappa shape index (κ2) is 8.99. The van der Waals surface area contributed by atoms with Gasteiger partial charge in [0.05, 0.1) is 5.52 Å². The highest BCUT2D eigenvalue weighted by Gasteiger charge is 2.25. The van der Waals surface area contributed by atoms with Crippen LogP contribution in [0.5, 0.6) is 0 Å². The number of fused-ring (bicyclic) bond motifs is 5. The number of nitrogens with zero attached hydrogens (tertiary/aromatic N) is 1. The molecule has 0 aliphatic heterocycles. The highest BCUT2D eigenvalue weighted by molar-refractivity contribution is 6.29. The van der Waals surface area contributed by atoms with Crippen LogP contribution in [0.25, 0.3) is 87.9 Å². The molecule has 204 valence electrons. The van der Waals surface area contributed by atoms with Gasteiger partial charge in [-0.3, -0.25) is 4.98 Å². The van der Waals surface area contributed by atoms with Crippen LogP contribution in [0, 0.1) is 0 Å². The summed E-state index contributed by atoms with van der Waals surface area (Å²) in [7, 11) is 0. The monoisotopic (exact) mass is 557 g/mol. The van der Waals surface area contributed by atoms with E-state index in [1.165, 1.54) is 93.0 Å². The molecule has 1 heterocycles. The predicted molar refractivity (Wildman–Crippen MR) is 188 cm³/mol. The first-order valence-corrected chi connectivity index (χ1v) is 15.5. The van der Waals surface area contributed by atoms with Crippen molar-refractivity contribution in [1.82, 2.24) is 4.98 Å². The molecule has 0 N–H and O–H groups in total. The molecule has 0 bridgehead atoms. The summed E-state index contributed by atoms with van der Waals surface area (Å²) in [4.78, 5) is 5.08.